The molecule has 2 aromatic heterocycles. The van der Waals surface area contributed by atoms with Crippen LogP contribution in [0.1, 0.15) is 19.3 Å². The van der Waals surface area contributed by atoms with Gasteiger partial charge in [-0.3, -0.25) is 4.68 Å². The van der Waals surface area contributed by atoms with E-state index < -0.39 is 0 Å². The quantitative estimate of drug-likeness (QED) is 0.714. The van der Waals surface area contributed by atoms with E-state index in [0.29, 0.717) is 23.9 Å². The second-order valence-corrected chi connectivity index (χ2v) is 7.79. The van der Waals surface area contributed by atoms with Crippen LogP contribution in [0.25, 0.3) is 22.4 Å². The third-order valence-corrected chi connectivity index (χ3v) is 5.76. The summed E-state index contributed by atoms with van der Waals surface area (Å²) < 4.78 is 13.3. The van der Waals surface area contributed by atoms with Crippen molar-refractivity contribution in [2.75, 3.05) is 31.3 Å². The van der Waals surface area contributed by atoms with Gasteiger partial charge in [-0.05, 0) is 37.0 Å². The Balaban J connectivity index is 1.47. The third kappa shape index (κ3) is 3.59. The molecule has 0 unspecified atom stereocenters. The monoisotopic (exact) mass is 407 g/mol. The molecule has 5 rings (SSSR count). The fourth-order valence-electron chi connectivity index (χ4n) is 4.18. The lowest BCUT2D eigenvalue weighted by Crippen LogP contribution is -2.40. The summed E-state index contributed by atoms with van der Waals surface area (Å²) in [4.78, 5) is 2.31. The van der Waals surface area contributed by atoms with Gasteiger partial charge in [-0.25, -0.2) is 0 Å². The summed E-state index contributed by atoms with van der Waals surface area (Å²) in [5, 5.41) is 23.8. The lowest BCUT2D eigenvalue weighted by atomic mass is 10.0. The van der Waals surface area contributed by atoms with Gasteiger partial charge < -0.3 is 19.5 Å². The first-order valence-corrected chi connectivity index (χ1v) is 10.4. The second-order valence-electron chi connectivity index (χ2n) is 7.79. The summed E-state index contributed by atoms with van der Waals surface area (Å²) in [6.07, 6.45) is 6.60. The first-order valence-electron chi connectivity index (χ1n) is 10.4. The largest absolute Gasteiger partial charge is 0.507 e. The van der Waals surface area contributed by atoms with Crippen LogP contribution in [0, 0.1) is 0 Å². The number of fused-ring (bicyclic) bond motifs is 1. The van der Waals surface area contributed by atoms with Gasteiger partial charge in [0.1, 0.15) is 11.4 Å². The number of hydrogen-bond acceptors (Lipinski definition) is 7. The van der Waals surface area contributed by atoms with Gasteiger partial charge in [-0.2, -0.15) is 5.10 Å². The van der Waals surface area contributed by atoms with Crippen molar-refractivity contribution < 1.29 is 14.6 Å². The topological polar surface area (TPSA) is 85.5 Å². The van der Waals surface area contributed by atoms with Crippen LogP contribution in [0.5, 0.6) is 11.5 Å². The number of benzene rings is 1. The lowest BCUT2D eigenvalue weighted by Gasteiger charge is -2.34. The predicted octanol–water partition coefficient (Wildman–Crippen LogP) is 3.02. The standard InChI is InChI=1S/C22H25N5O3/c1-26-14-16(13-23-26)15-3-4-18(20(28)11-15)19-12-21-22(25-24-19)27(7-2-8-30-21)17-5-9-29-10-6-17/h3-4,11-14,17,28H,2,5-10H2,1H3. The van der Waals surface area contributed by atoms with E-state index in [1.807, 2.05) is 31.4 Å². The molecule has 2 aliphatic rings. The molecule has 1 saturated heterocycles. The smallest absolute Gasteiger partial charge is 0.194 e. The van der Waals surface area contributed by atoms with Gasteiger partial charge in [0.15, 0.2) is 11.6 Å². The number of phenols is 1. The fourth-order valence-corrected chi connectivity index (χ4v) is 4.18. The minimum Gasteiger partial charge on any atom is -0.507 e. The van der Waals surface area contributed by atoms with E-state index in [2.05, 4.69) is 20.2 Å². The highest BCUT2D eigenvalue weighted by Gasteiger charge is 2.28. The van der Waals surface area contributed by atoms with Crippen molar-refractivity contribution in [3.8, 4) is 33.9 Å². The molecule has 1 fully saturated rings. The SMILES string of the molecule is Cn1cc(-c2ccc(-c3cc4c(nn3)N(C3CCOCC3)CCCO4)c(O)c2)cn1. The van der Waals surface area contributed by atoms with E-state index in [-0.39, 0.29) is 5.75 Å². The van der Waals surface area contributed by atoms with Gasteiger partial charge >= 0.3 is 0 Å². The maximum atomic E-state index is 10.7. The van der Waals surface area contributed by atoms with E-state index in [0.717, 1.165) is 61.7 Å². The zero-order valence-electron chi connectivity index (χ0n) is 17.0. The van der Waals surface area contributed by atoms with Crippen LogP contribution in [-0.4, -0.2) is 57.5 Å². The lowest BCUT2D eigenvalue weighted by molar-refractivity contribution is 0.0843. The van der Waals surface area contributed by atoms with E-state index in [9.17, 15) is 5.11 Å². The Labute approximate surface area is 175 Å². The Morgan fingerprint density at radius 2 is 1.93 bits per heavy atom. The predicted molar refractivity (Wildman–Crippen MR) is 113 cm³/mol. The summed E-state index contributed by atoms with van der Waals surface area (Å²) in [5.41, 5.74) is 3.07. The summed E-state index contributed by atoms with van der Waals surface area (Å²) in [5.74, 6) is 1.66. The third-order valence-electron chi connectivity index (χ3n) is 5.76. The number of anilines is 1. The van der Waals surface area contributed by atoms with Crippen molar-refractivity contribution in [3.05, 3.63) is 36.7 Å². The zero-order valence-corrected chi connectivity index (χ0v) is 17.0. The van der Waals surface area contributed by atoms with Gasteiger partial charge in [0.05, 0.1) is 12.8 Å². The molecular formula is C22H25N5O3. The van der Waals surface area contributed by atoms with Gasteiger partial charge in [0, 0.05) is 56.2 Å². The molecule has 8 nitrogen and oxygen atoms in total. The Hall–Kier alpha value is -3.13. The molecule has 0 saturated carbocycles. The first-order chi connectivity index (χ1) is 14.7. The van der Waals surface area contributed by atoms with Crippen LogP contribution < -0.4 is 9.64 Å². The van der Waals surface area contributed by atoms with Crippen molar-refractivity contribution in [1.29, 1.82) is 0 Å². The Kier molecular flexibility index (Phi) is 5.00. The molecule has 0 amide bonds. The summed E-state index contributed by atoms with van der Waals surface area (Å²) in [7, 11) is 1.87. The molecule has 30 heavy (non-hydrogen) atoms. The molecule has 2 aliphatic heterocycles. The molecule has 0 atom stereocenters. The molecule has 0 bridgehead atoms. The molecule has 4 heterocycles. The zero-order chi connectivity index (χ0) is 20.5. The minimum atomic E-state index is 0.153. The first kappa shape index (κ1) is 18.9. The van der Waals surface area contributed by atoms with Crippen molar-refractivity contribution in [3.63, 3.8) is 0 Å². The number of nitrogens with zero attached hydrogens (tertiary/aromatic N) is 5. The highest BCUT2D eigenvalue weighted by Crippen LogP contribution is 2.37. The van der Waals surface area contributed by atoms with Crippen LogP contribution in [0.2, 0.25) is 0 Å². The molecule has 3 aromatic rings. The van der Waals surface area contributed by atoms with Crippen molar-refractivity contribution >= 4 is 5.82 Å². The van der Waals surface area contributed by atoms with Gasteiger partial charge in [-0.1, -0.05) is 6.07 Å². The van der Waals surface area contributed by atoms with E-state index in [1.165, 1.54) is 0 Å². The Morgan fingerprint density at radius 1 is 1.07 bits per heavy atom. The summed E-state index contributed by atoms with van der Waals surface area (Å²) in [6.45, 7) is 3.10. The van der Waals surface area contributed by atoms with Gasteiger partial charge in [0.2, 0.25) is 0 Å². The Bertz CT molecular complexity index is 1050. The number of aromatic hydroxyl groups is 1. The van der Waals surface area contributed by atoms with Crippen LogP contribution >= 0.6 is 0 Å². The average Bonchev–Trinajstić information content (AvgIpc) is 3.09. The average molecular weight is 407 g/mol. The van der Waals surface area contributed by atoms with E-state index >= 15 is 0 Å². The fraction of sp³-hybridized carbons (Fsp3) is 0.409. The van der Waals surface area contributed by atoms with Gasteiger partial charge in [-0.15, -0.1) is 10.2 Å². The van der Waals surface area contributed by atoms with Crippen LogP contribution in [0.3, 0.4) is 0 Å². The van der Waals surface area contributed by atoms with Crippen LogP contribution in [-0.2, 0) is 11.8 Å². The van der Waals surface area contributed by atoms with Crippen LogP contribution in [0.4, 0.5) is 5.82 Å². The molecule has 156 valence electrons. The molecule has 0 radical (unpaired) electrons. The molecule has 1 N–H and O–H groups in total. The molecule has 1 aromatic carbocycles. The summed E-state index contributed by atoms with van der Waals surface area (Å²) >= 11 is 0. The highest BCUT2D eigenvalue weighted by molar-refractivity contribution is 5.75. The number of aromatic nitrogens is 4. The molecule has 8 heteroatoms. The summed E-state index contributed by atoms with van der Waals surface area (Å²) in [6, 6.07) is 7.83. The number of aryl methyl sites for hydroxylation is 1. The van der Waals surface area contributed by atoms with Crippen molar-refractivity contribution in [2.45, 2.75) is 25.3 Å². The van der Waals surface area contributed by atoms with Gasteiger partial charge in [0.25, 0.3) is 0 Å². The molecular weight excluding hydrogens is 382 g/mol. The number of hydrogen-bond donors (Lipinski definition) is 1. The molecule has 0 spiro atoms. The maximum Gasteiger partial charge on any atom is 0.194 e. The number of rotatable bonds is 3. The minimum absolute atomic E-state index is 0.153. The Morgan fingerprint density at radius 3 is 2.70 bits per heavy atom. The van der Waals surface area contributed by atoms with Crippen molar-refractivity contribution in [2.24, 2.45) is 7.05 Å². The number of phenolic OH excluding ortho intramolecular Hbond substituents is 1. The molecule has 0 aliphatic carbocycles. The van der Waals surface area contributed by atoms with E-state index in [1.54, 1.807) is 16.9 Å². The van der Waals surface area contributed by atoms with Crippen LogP contribution in [0.15, 0.2) is 36.7 Å². The van der Waals surface area contributed by atoms with E-state index in [4.69, 9.17) is 9.47 Å². The number of ether oxygens (including phenoxy) is 2. The van der Waals surface area contributed by atoms with Crippen molar-refractivity contribution in [1.82, 2.24) is 20.0 Å². The normalized spacial score (nSPS) is 17.3. The second kappa shape index (κ2) is 7.95. The maximum absolute atomic E-state index is 10.7. The highest BCUT2D eigenvalue weighted by atomic mass is 16.5.